The monoisotopic (exact) mass is 514 g/mol. The Balaban J connectivity index is 1.55. The van der Waals surface area contributed by atoms with E-state index in [9.17, 15) is 18.0 Å². The fourth-order valence-electron chi connectivity index (χ4n) is 4.84. The molecule has 0 aliphatic carbocycles. The molecule has 2 saturated heterocycles. The molecule has 2 unspecified atom stereocenters. The summed E-state index contributed by atoms with van der Waals surface area (Å²) in [5, 5.41) is 6.29. The van der Waals surface area contributed by atoms with E-state index in [2.05, 4.69) is 20.5 Å². The normalized spacial score (nSPS) is 18.7. The van der Waals surface area contributed by atoms with Crippen molar-refractivity contribution < 1.29 is 22.7 Å². The van der Waals surface area contributed by atoms with Gasteiger partial charge in [0.1, 0.15) is 5.82 Å². The second-order valence-corrected chi connectivity index (χ2v) is 9.44. The Morgan fingerprint density at radius 2 is 1.92 bits per heavy atom. The number of carbonyl (C=O) groups is 1. The summed E-state index contributed by atoms with van der Waals surface area (Å²) in [5.41, 5.74) is 2.23. The Morgan fingerprint density at radius 3 is 2.59 bits per heavy atom. The number of hydrogen-bond acceptors (Lipinski definition) is 7. The number of hydrogen-bond donors (Lipinski definition) is 2. The molecule has 196 valence electrons. The lowest BCUT2D eigenvalue weighted by molar-refractivity contribution is 0.0744. The topological polar surface area (TPSA) is 82.6 Å². The predicted octanol–water partition coefficient (Wildman–Crippen LogP) is 3.49. The minimum absolute atomic E-state index is 0.0696. The Morgan fingerprint density at radius 1 is 1.19 bits per heavy atom. The minimum atomic E-state index is -1.53. The highest BCUT2D eigenvalue weighted by molar-refractivity contribution is 5.98. The molecule has 3 heterocycles. The van der Waals surface area contributed by atoms with Crippen LogP contribution in [0.1, 0.15) is 35.3 Å². The van der Waals surface area contributed by atoms with Crippen LogP contribution in [-0.4, -0.2) is 73.3 Å². The molecule has 3 aromatic rings. The zero-order valence-electron chi connectivity index (χ0n) is 20.7. The third-order valence-electron chi connectivity index (χ3n) is 6.98. The third-order valence-corrected chi connectivity index (χ3v) is 6.98. The first kappa shape index (κ1) is 25.2. The zero-order valence-corrected chi connectivity index (χ0v) is 20.7. The molecule has 8 nitrogen and oxygen atoms in total. The van der Waals surface area contributed by atoms with E-state index in [0.29, 0.717) is 54.3 Å². The molecule has 0 spiro atoms. The van der Waals surface area contributed by atoms with Gasteiger partial charge in [0.05, 0.1) is 36.5 Å². The first-order valence-electron chi connectivity index (χ1n) is 12.3. The maximum Gasteiger partial charge on any atom is 0.253 e. The van der Waals surface area contributed by atoms with Crippen molar-refractivity contribution in [3.05, 3.63) is 59.0 Å². The van der Waals surface area contributed by atoms with E-state index < -0.39 is 23.5 Å². The Hall–Kier alpha value is -3.44. The molecule has 2 fully saturated rings. The van der Waals surface area contributed by atoms with Gasteiger partial charge in [-0.2, -0.15) is 0 Å². The number of benzene rings is 2. The summed E-state index contributed by atoms with van der Waals surface area (Å²) in [4.78, 5) is 26.7. The van der Waals surface area contributed by atoms with E-state index >= 15 is 0 Å². The van der Waals surface area contributed by atoms with Gasteiger partial charge in [0, 0.05) is 61.7 Å². The van der Waals surface area contributed by atoms with Gasteiger partial charge in [-0.05, 0) is 32.0 Å². The number of aromatic nitrogens is 2. The number of anilines is 2. The Kier molecular flexibility index (Phi) is 7.16. The number of nitrogens with one attached hydrogen (secondary N) is 2. The van der Waals surface area contributed by atoms with Crippen LogP contribution >= 0.6 is 0 Å². The van der Waals surface area contributed by atoms with Crippen molar-refractivity contribution in [1.82, 2.24) is 20.2 Å². The maximum absolute atomic E-state index is 13.9. The Labute approximate surface area is 212 Å². The largest absolute Gasteiger partial charge is 0.378 e. The second kappa shape index (κ2) is 10.5. The van der Waals surface area contributed by atoms with Crippen LogP contribution < -0.4 is 15.5 Å². The van der Waals surface area contributed by atoms with E-state index in [1.54, 1.807) is 37.2 Å². The molecule has 11 heteroatoms. The molecule has 0 bridgehead atoms. The fraction of sp³-hybridized carbons (Fsp3) is 0.423. The number of carbonyl (C=O) groups excluding carboxylic acids is 1. The van der Waals surface area contributed by atoms with Crippen LogP contribution in [0.25, 0.3) is 11.0 Å². The summed E-state index contributed by atoms with van der Waals surface area (Å²) in [7, 11) is 1.78. The van der Waals surface area contributed by atoms with Gasteiger partial charge in [0.2, 0.25) is 0 Å². The molecule has 2 atom stereocenters. The summed E-state index contributed by atoms with van der Waals surface area (Å²) in [6.07, 6.45) is 2.55. The van der Waals surface area contributed by atoms with E-state index in [0.717, 1.165) is 31.6 Å². The first-order valence-corrected chi connectivity index (χ1v) is 12.3. The molecule has 0 radical (unpaired) electrons. The highest BCUT2D eigenvalue weighted by atomic mass is 19.2. The van der Waals surface area contributed by atoms with E-state index in [4.69, 9.17) is 9.72 Å². The molecular formula is C26H29F3N6O2. The molecule has 5 rings (SSSR count). The van der Waals surface area contributed by atoms with Gasteiger partial charge >= 0.3 is 0 Å². The van der Waals surface area contributed by atoms with Crippen molar-refractivity contribution >= 4 is 28.4 Å². The van der Waals surface area contributed by atoms with Gasteiger partial charge in [0.25, 0.3) is 5.91 Å². The van der Waals surface area contributed by atoms with Crippen molar-refractivity contribution in [2.24, 2.45) is 0 Å². The smallest absolute Gasteiger partial charge is 0.253 e. The van der Waals surface area contributed by atoms with Gasteiger partial charge in [0.15, 0.2) is 17.5 Å². The number of morpholine rings is 1. The minimum Gasteiger partial charge on any atom is -0.378 e. The number of likely N-dealkylation sites (N-methyl/N-ethyl adjacent to an activating group) is 1. The highest BCUT2D eigenvalue weighted by Crippen LogP contribution is 2.30. The highest BCUT2D eigenvalue weighted by Gasteiger charge is 2.26. The number of halogens is 3. The average molecular weight is 515 g/mol. The number of rotatable bonds is 6. The first-order chi connectivity index (χ1) is 17.8. The van der Waals surface area contributed by atoms with Crippen LogP contribution in [0, 0.1) is 17.5 Å². The third kappa shape index (κ3) is 5.19. The van der Waals surface area contributed by atoms with Crippen molar-refractivity contribution in [3.8, 4) is 0 Å². The summed E-state index contributed by atoms with van der Waals surface area (Å²) >= 11 is 0. The predicted molar refractivity (Wildman–Crippen MR) is 134 cm³/mol. The Bertz CT molecular complexity index is 1290. The SMILES string of the molecule is CC(Nc1cc(F)c(F)c(F)c1)c1cc(C(=O)N(C)C2CCNC2)cc2ncc(N3CCOCC3)nc12. The molecule has 1 aromatic heterocycles. The zero-order chi connectivity index (χ0) is 26.1. The molecule has 2 aromatic carbocycles. The van der Waals surface area contributed by atoms with Gasteiger partial charge in [-0.25, -0.2) is 18.2 Å². The summed E-state index contributed by atoms with van der Waals surface area (Å²) < 4.78 is 46.7. The number of fused-ring (bicyclic) bond motifs is 1. The quantitative estimate of drug-likeness (QED) is 0.488. The van der Waals surface area contributed by atoms with Crippen LogP contribution in [0.5, 0.6) is 0 Å². The molecule has 2 aliphatic rings. The summed E-state index contributed by atoms with van der Waals surface area (Å²) in [6, 6.07) is 4.82. The average Bonchev–Trinajstić information content (AvgIpc) is 3.45. The number of amides is 1. The van der Waals surface area contributed by atoms with Gasteiger partial charge in [-0.15, -0.1) is 0 Å². The van der Waals surface area contributed by atoms with Crippen molar-refractivity contribution in [3.63, 3.8) is 0 Å². The summed E-state index contributed by atoms with van der Waals surface area (Å²) in [6.45, 7) is 5.89. The lowest BCUT2D eigenvalue weighted by Crippen LogP contribution is -2.38. The van der Waals surface area contributed by atoms with Gasteiger partial charge < -0.3 is 25.2 Å². The maximum atomic E-state index is 13.9. The summed E-state index contributed by atoms with van der Waals surface area (Å²) in [5.74, 6) is -3.57. The number of ether oxygens (including phenoxy) is 1. The molecular weight excluding hydrogens is 485 g/mol. The molecule has 2 aliphatic heterocycles. The van der Waals surface area contributed by atoms with Gasteiger partial charge in [-0.3, -0.25) is 9.78 Å². The van der Waals surface area contributed by atoms with Crippen LogP contribution in [0.3, 0.4) is 0 Å². The van der Waals surface area contributed by atoms with Crippen LogP contribution in [-0.2, 0) is 4.74 Å². The molecule has 2 N–H and O–H groups in total. The van der Waals surface area contributed by atoms with E-state index in [1.807, 2.05) is 0 Å². The van der Waals surface area contributed by atoms with Gasteiger partial charge in [-0.1, -0.05) is 0 Å². The van der Waals surface area contributed by atoms with Crippen molar-refractivity contribution in [2.45, 2.75) is 25.4 Å². The number of nitrogens with zero attached hydrogens (tertiary/aromatic N) is 4. The van der Waals surface area contributed by atoms with Crippen LogP contribution in [0.2, 0.25) is 0 Å². The van der Waals surface area contributed by atoms with Crippen molar-refractivity contribution in [1.29, 1.82) is 0 Å². The molecule has 1 amide bonds. The van der Waals surface area contributed by atoms with Crippen LogP contribution in [0.15, 0.2) is 30.5 Å². The standard InChI is InChI=1S/C26H29F3N6O2/c1-15(32-17-11-20(27)24(29)21(28)12-17)19-9-16(26(36)34(2)18-3-4-30-13-18)10-22-25(19)33-23(14-31-22)35-5-7-37-8-6-35/h9-12,14-15,18,30,32H,3-8,13H2,1-2H3. The van der Waals surface area contributed by atoms with E-state index in [-0.39, 0.29) is 17.6 Å². The lowest BCUT2D eigenvalue weighted by Gasteiger charge is -2.28. The van der Waals surface area contributed by atoms with Crippen molar-refractivity contribution in [2.75, 3.05) is 56.7 Å². The fourth-order valence-corrected chi connectivity index (χ4v) is 4.84. The molecule has 37 heavy (non-hydrogen) atoms. The van der Waals surface area contributed by atoms with E-state index in [1.165, 1.54) is 0 Å². The second-order valence-electron chi connectivity index (χ2n) is 9.44. The molecule has 0 saturated carbocycles. The lowest BCUT2D eigenvalue weighted by atomic mass is 10.0. The van der Waals surface area contributed by atoms with Crippen LogP contribution in [0.4, 0.5) is 24.7 Å².